The highest BCUT2D eigenvalue weighted by molar-refractivity contribution is 7.97. The van der Waals surface area contributed by atoms with Crippen LogP contribution in [-0.2, 0) is 0 Å². The fourth-order valence-corrected chi connectivity index (χ4v) is 2.57. The number of rotatable bonds is 6. The molecule has 24 heavy (non-hydrogen) atoms. The Kier molecular flexibility index (Phi) is 11.6. The average Bonchev–Trinajstić information content (AvgIpc) is 2.53. The largest absolute Gasteiger partial charge is 0.313 e. The van der Waals surface area contributed by atoms with Crippen LogP contribution in [0.2, 0.25) is 0 Å². The van der Waals surface area contributed by atoms with Gasteiger partial charge < -0.3 is 4.90 Å². The van der Waals surface area contributed by atoms with Crippen molar-refractivity contribution in [2.24, 2.45) is 0 Å². The Morgan fingerprint density at radius 1 is 0.958 bits per heavy atom. The summed E-state index contributed by atoms with van der Waals surface area (Å²) in [7, 11) is 4.20. The second-order valence-electron chi connectivity index (χ2n) is 5.46. The maximum absolute atomic E-state index is 4.69. The van der Waals surface area contributed by atoms with E-state index in [1.165, 1.54) is 0 Å². The van der Waals surface area contributed by atoms with E-state index in [1.807, 2.05) is 36.4 Å². The zero-order chi connectivity index (χ0) is 15.8. The summed E-state index contributed by atoms with van der Waals surface area (Å²) in [4.78, 5) is 2.20. The average molecular weight is 387 g/mol. The molecule has 0 unspecified atom stereocenters. The number of benzene rings is 2. The lowest BCUT2D eigenvalue weighted by Crippen LogP contribution is -2.23. The molecule has 132 valence electrons. The quantitative estimate of drug-likeness (QED) is 0.329. The van der Waals surface area contributed by atoms with Crippen molar-refractivity contribution >= 4 is 54.0 Å². The van der Waals surface area contributed by atoms with Gasteiger partial charge in [0, 0.05) is 6.54 Å². The number of anilines is 1. The molecule has 0 atom stereocenters. The van der Waals surface area contributed by atoms with E-state index in [1.54, 1.807) is 0 Å². The molecule has 0 amide bonds. The Morgan fingerprint density at radius 3 is 2.04 bits per heavy atom. The predicted octanol–water partition coefficient (Wildman–Crippen LogP) is 4.52. The predicted molar refractivity (Wildman–Crippen MR) is 113 cm³/mol. The van der Waals surface area contributed by atoms with Gasteiger partial charge in [-0.05, 0) is 44.8 Å². The Labute approximate surface area is 163 Å². The molecule has 1 N–H and O–H groups in total. The van der Waals surface area contributed by atoms with E-state index in [0.717, 1.165) is 36.1 Å². The van der Waals surface area contributed by atoms with E-state index in [2.05, 4.69) is 53.2 Å². The van der Waals surface area contributed by atoms with Crippen molar-refractivity contribution in [3.8, 4) is 0 Å². The third kappa shape index (κ3) is 7.58. The molecule has 0 aromatic heterocycles. The Morgan fingerprint density at radius 2 is 1.50 bits per heavy atom. The first-order chi connectivity index (χ1) is 10.7. The first-order valence-corrected chi connectivity index (χ1v) is 7.97. The van der Waals surface area contributed by atoms with Gasteiger partial charge in [0.05, 0.1) is 6.54 Å². The highest BCUT2D eigenvalue weighted by Gasteiger charge is 2.12. The minimum Gasteiger partial charge on any atom is -0.309 e. The molecule has 0 saturated carbocycles. The lowest BCUT2D eigenvalue weighted by molar-refractivity contribution is -0.438. The summed E-state index contributed by atoms with van der Waals surface area (Å²) in [5.41, 5.74) is 2.19. The van der Waals surface area contributed by atoms with Gasteiger partial charge in [0.15, 0.2) is 0 Å². The normalized spacial score (nSPS) is 11.2. The van der Waals surface area contributed by atoms with Crippen LogP contribution in [0.25, 0.3) is 0 Å². The molecule has 0 aliphatic rings. The number of hydrogen-bond acceptors (Lipinski definition) is 1. The zero-order valence-electron chi connectivity index (χ0n) is 14.1. The van der Waals surface area contributed by atoms with Crippen molar-refractivity contribution in [3.05, 3.63) is 60.7 Å². The van der Waals surface area contributed by atoms with Crippen LogP contribution >= 0.6 is 37.4 Å². The van der Waals surface area contributed by atoms with Gasteiger partial charge >= 0.3 is 5.17 Å². The van der Waals surface area contributed by atoms with Gasteiger partial charge in [0.2, 0.25) is 0 Å². The molecule has 0 aliphatic heterocycles. The molecule has 0 radical (unpaired) electrons. The third-order valence-corrected chi connectivity index (χ3v) is 3.69. The molecule has 0 aliphatic carbocycles. The van der Waals surface area contributed by atoms with E-state index >= 15 is 0 Å². The van der Waals surface area contributed by atoms with E-state index < -0.39 is 0 Å². The topological polar surface area (TPSA) is 18.3 Å². The molecule has 2 rings (SSSR count). The van der Waals surface area contributed by atoms with E-state index in [4.69, 9.17) is 12.6 Å². The fraction of sp³-hybridized carbons (Fsp3) is 0.278. The molecule has 2 aromatic rings. The molecule has 0 fully saturated rings. The smallest absolute Gasteiger partial charge is 0.309 e. The van der Waals surface area contributed by atoms with Gasteiger partial charge in [-0.3, -0.25) is 0 Å². The maximum Gasteiger partial charge on any atom is 0.313 e. The van der Waals surface area contributed by atoms with Crippen LogP contribution in [0.3, 0.4) is 0 Å². The zero-order valence-corrected chi connectivity index (χ0v) is 16.6. The van der Waals surface area contributed by atoms with Crippen molar-refractivity contribution in [1.82, 2.24) is 4.90 Å². The summed E-state index contributed by atoms with van der Waals surface area (Å²) in [6.07, 6.45) is 1.07. The Balaban J connectivity index is 0.00000264. The van der Waals surface area contributed by atoms with Crippen LogP contribution in [0.1, 0.15) is 6.42 Å². The molecule has 2 aromatic carbocycles. The van der Waals surface area contributed by atoms with Gasteiger partial charge in [-0.25, -0.2) is 9.89 Å². The molecule has 0 bridgehead atoms. The van der Waals surface area contributed by atoms with E-state index in [9.17, 15) is 0 Å². The van der Waals surface area contributed by atoms with Crippen molar-refractivity contribution in [2.45, 2.75) is 6.42 Å². The van der Waals surface area contributed by atoms with Crippen molar-refractivity contribution in [1.29, 1.82) is 0 Å². The van der Waals surface area contributed by atoms with Gasteiger partial charge in [-0.1, -0.05) is 49.0 Å². The molecule has 3 nitrogen and oxygen atoms in total. The minimum atomic E-state index is 0. The second kappa shape index (κ2) is 12.2. The van der Waals surface area contributed by atoms with Crippen molar-refractivity contribution in [3.63, 3.8) is 0 Å². The fourth-order valence-electron chi connectivity index (χ4n) is 2.23. The number of thiol groups is 1. The maximum atomic E-state index is 4.69. The first kappa shape index (κ1) is 22.8. The third-order valence-electron chi connectivity index (χ3n) is 3.34. The second-order valence-corrected chi connectivity index (χ2v) is 5.88. The number of hydrogen-bond donors (Lipinski definition) is 2. The summed E-state index contributed by atoms with van der Waals surface area (Å²) >= 11 is 4.69. The summed E-state index contributed by atoms with van der Waals surface area (Å²) in [5, 5.41) is 4.22. The van der Waals surface area contributed by atoms with Crippen LogP contribution < -0.4 is 5.32 Å². The Bertz CT molecular complexity index is 604. The van der Waals surface area contributed by atoms with Crippen LogP contribution in [0.15, 0.2) is 60.7 Å². The molecule has 0 heterocycles. The number of halogens is 2. The number of amidine groups is 1. The summed E-state index contributed by atoms with van der Waals surface area (Å²) in [6, 6.07) is 20.5. The van der Waals surface area contributed by atoms with Gasteiger partial charge in [-0.15, -0.1) is 24.8 Å². The van der Waals surface area contributed by atoms with Gasteiger partial charge in [0.1, 0.15) is 11.4 Å². The van der Waals surface area contributed by atoms with Gasteiger partial charge in [0.25, 0.3) is 0 Å². The summed E-state index contributed by atoms with van der Waals surface area (Å²) in [5.74, 6) is 0. The summed E-state index contributed by atoms with van der Waals surface area (Å²) < 4.78 is 2.21. The molecule has 0 saturated heterocycles. The molecule has 6 heteroatoms. The van der Waals surface area contributed by atoms with Gasteiger partial charge in [-0.2, -0.15) is 0 Å². The van der Waals surface area contributed by atoms with Crippen LogP contribution in [0, 0.1) is 0 Å². The molecule has 0 spiro atoms. The van der Waals surface area contributed by atoms with Crippen LogP contribution in [-0.4, -0.2) is 41.8 Å². The highest BCUT2D eigenvalue weighted by atomic mass is 35.5. The summed E-state index contributed by atoms with van der Waals surface area (Å²) in [6.45, 7) is 1.97. The standard InChI is InChI=1S/C18H23N3S.2ClH/c1-20(2)14-9-15-21(17-12-7-4-8-13-17)18(22)19-16-10-5-3-6-11-16;;/h3-8,10-13H,9,14-15H2,1-2H3,(H,19,22);2*1H/p+1. The van der Waals surface area contributed by atoms with Crippen molar-refractivity contribution in [2.75, 3.05) is 32.5 Å². The lowest BCUT2D eigenvalue weighted by atomic mass is 10.3. The monoisotopic (exact) mass is 386 g/mol. The van der Waals surface area contributed by atoms with Crippen LogP contribution in [0.4, 0.5) is 11.4 Å². The van der Waals surface area contributed by atoms with Crippen molar-refractivity contribution < 1.29 is 4.58 Å². The Hall–Kier alpha value is -1.20. The first-order valence-electron chi connectivity index (χ1n) is 7.52. The highest BCUT2D eigenvalue weighted by Crippen LogP contribution is 2.14. The van der Waals surface area contributed by atoms with E-state index in [-0.39, 0.29) is 24.8 Å². The van der Waals surface area contributed by atoms with Crippen LogP contribution in [0.5, 0.6) is 0 Å². The molecular weight excluding hydrogens is 361 g/mol. The SMILES string of the molecule is CN(C)CCC[N+](=C(S)Nc1ccccc1)c1ccccc1.Cl.Cl. The number of nitrogens with zero attached hydrogens (tertiary/aromatic N) is 2. The van der Waals surface area contributed by atoms with E-state index in [0.29, 0.717) is 0 Å². The minimum absolute atomic E-state index is 0. The number of nitrogens with one attached hydrogen (secondary N) is 1. The number of para-hydroxylation sites is 2. The lowest BCUT2D eigenvalue weighted by Gasteiger charge is -2.12. The molecular formula is C18H26Cl2N3S+.